The number of nitriles is 2. The molecule has 2 fully saturated rings. The summed E-state index contributed by atoms with van der Waals surface area (Å²) in [6, 6.07) is 18.5. The van der Waals surface area contributed by atoms with Gasteiger partial charge in [0.05, 0.1) is 22.2 Å². The lowest BCUT2D eigenvalue weighted by molar-refractivity contribution is -0.164. The van der Waals surface area contributed by atoms with Gasteiger partial charge in [0, 0.05) is 61.2 Å². The van der Waals surface area contributed by atoms with Gasteiger partial charge in [-0.05, 0) is 60.1 Å². The lowest BCUT2D eigenvalue weighted by Crippen LogP contribution is -2.43. The third-order valence-electron chi connectivity index (χ3n) is 9.46. The fourth-order valence-electron chi connectivity index (χ4n) is 7.41. The molecule has 2 saturated heterocycles. The molecule has 52 heavy (non-hydrogen) atoms. The summed E-state index contributed by atoms with van der Waals surface area (Å²) in [6.45, 7) is 5.02. The number of carbonyl (C=O) groups is 2. The van der Waals surface area contributed by atoms with Crippen LogP contribution in [-0.4, -0.2) is 70.1 Å². The fraction of sp³-hybridized carbons (Fsp3) is 0.421. The molecule has 0 aliphatic carbocycles. The molecular formula is C38H36F6N6O2. The normalized spacial score (nSPS) is 20.8. The smallest absolute Gasteiger partial charge is 0.342 e. The lowest BCUT2D eigenvalue weighted by atomic mass is 9.83. The van der Waals surface area contributed by atoms with E-state index < -0.39 is 37.0 Å². The molecule has 14 heteroatoms. The summed E-state index contributed by atoms with van der Waals surface area (Å²) < 4.78 is 75.5. The van der Waals surface area contributed by atoms with Crippen molar-refractivity contribution in [3.05, 3.63) is 83.2 Å². The Kier molecular flexibility index (Phi) is 11.4. The number of hydrogen-bond donors (Lipinski definition) is 0. The number of hydrogen-bond acceptors (Lipinski definition) is 6. The summed E-state index contributed by atoms with van der Waals surface area (Å²) in [6.07, 6.45) is -7.11. The first kappa shape index (κ1) is 38.0. The molecule has 272 valence electrons. The largest absolute Gasteiger partial charge is 0.397 e. The van der Waals surface area contributed by atoms with Crippen molar-refractivity contribution in [3.63, 3.8) is 0 Å². The molecule has 0 saturated carbocycles. The highest BCUT2D eigenvalue weighted by molar-refractivity contribution is 5.88. The molecule has 2 aliphatic heterocycles. The Labute approximate surface area is 296 Å². The van der Waals surface area contributed by atoms with Crippen LogP contribution in [0.2, 0.25) is 0 Å². The first-order valence-electron chi connectivity index (χ1n) is 16.8. The standard InChI is InChI=1S/2C19H18F3N3O/c2*1-12-7-14(11-25(10-12)17(26)8-19(20,21)22)15-5-4-13(9-23)18-16(15)3-2-6-24-18/h2*2-6,12,14H,7-8,10-11H2,1H3/t12-,14?;/m1./s1. The summed E-state index contributed by atoms with van der Waals surface area (Å²) in [5, 5.41) is 20.1. The highest BCUT2D eigenvalue weighted by atomic mass is 19.4. The molecule has 4 aromatic rings. The molecule has 3 unspecified atom stereocenters. The minimum Gasteiger partial charge on any atom is -0.342 e. The Bertz CT molecular complexity index is 1890. The van der Waals surface area contributed by atoms with E-state index in [0.29, 0.717) is 35.2 Å². The molecule has 0 bridgehead atoms. The molecule has 0 spiro atoms. The number of alkyl halides is 6. The zero-order valence-electron chi connectivity index (χ0n) is 28.5. The minimum atomic E-state index is -4.50. The Morgan fingerprint density at radius 1 is 0.673 bits per heavy atom. The van der Waals surface area contributed by atoms with E-state index in [1.165, 1.54) is 9.80 Å². The van der Waals surface area contributed by atoms with E-state index in [-0.39, 0.29) is 36.8 Å². The molecule has 0 N–H and O–H groups in total. The highest BCUT2D eigenvalue weighted by Gasteiger charge is 2.38. The van der Waals surface area contributed by atoms with Crippen LogP contribution in [0, 0.1) is 34.5 Å². The molecule has 2 aromatic carbocycles. The van der Waals surface area contributed by atoms with Gasteiger partial charge in [-0.2, -0.15) is 36.9 Å². The first-order valence-corrected chi connectivity index (χ1v) is 16.8. The predicted molar refractivity (Wildman–Crippen MR) is 180 cm³/mol. The van der Waals surface area contributed by atoms with Crippen molar-refractivity contribution in [2.45, 2.75) is 63.7 Å². The van der Waals surface area contributed by atoms with Gasteiger partial charge >= 0.3 is 12.4 Å². The van der Waals surface area contributed by atoms with Crippen LogP contribution in [0.15, 0.2) is 60.9 Å². The zero-order chi connectivity index (χ0) is 37.8. The van der Waals surface area contributed by atoms with Crippen molar-refractivity contribution in [1.29, 1.82) is 10.5 Å². The van der Waals surface area contributed by atoms with Crippen LogP contribution in [0.5, 0.6) is 0 Å². The quantitative estimate of drug-likeness (QED) is 0.197. The molecule has 2 amide bonds. The second-order valence-corrected chi connectivity index (χ2v) is 13.7. The second kappa shape index (κ2) is 15.6. The van der Waals surface area contributed by atoms with Crippen molar-refractivity contribution >= 4 is 33.6 Å². The number of amides is 2. The average Bonchev–Trinajstić information content (AvgIpc) is 3.09. The van der Waals surface area contributed by atoms with Crippen molar-refractivity contribution < 1.29 is 35.9 Å². The Morgan fingerprint density at radius 3 is 1.40 bits per heavy atom. The summed E-state index contributed by atoms with van der Waals surface area (Å²) in [5.74, 6) is -1.76. The van der Waals surface area contributed by atoms with Gasteiger partial charge in [-0.3, -0.25) is 19.6 Å². The first-order chi connectivity index (χ1) is 24.6. The van der Waals surface area contributed by atoms with Gasteiger partial charge in [0.25, 0.3) is 0 Å². The van der Waals surface area contributed by atoms with Crippen LogP contribution in [0.4, 0.5) is 26.3 Å². The van der Waals surface area contributed by atoms with Crippen LogP contribution < -0.4 is 0 Å². The molecule has 2 aliphatic rings. The van der Waals surface area contributed by atoms with Crippen LogP contribution in [0.3, 0.4) is 0 Å². The molecule has 0 radical (unpaired) electrons. The molecule has 4 heterocycles. The van der Waals surface area contributed by atoms with Gasteiger partial charge < -0.3 is 9.80 Å². The monoisotopic (exact) mass is 722 g/mol. The van der Waals surface area contributed by atoms with E-state index >= 15 is 0 Å². The number of fused-ring (bicyclic) bond motifs is 2. The number of nitrogens with zero attached hydrogens (tertiary/aromatic N) is 6. The number of halogens is 6. The number of rotatable bonds is 4. The summed E-state index contributed by atoms with van der Waals surface area (Å²) >= 11 is 0. The summed E-state index contributed by atoms with van der Waals surface area (Å²) in [4.78, 5) is 35.3. The van der Waals surface area contributed by atoms with E-state index in [1.807, 2.05) is 38.1 Å². The third kappa shape index (κ3) is 9.15. The van der Waals surface area contributed by atoms with Crippen LogP contribution in [0.25, 0.3) is 21.8 Å². The number of benzene rings is 2. The molecule has 8 nitrogen and oxygen atoms in total. The second-order valence-electron chi connectivity index (χ2n) is 13.7. The van der Waals surface area contributed by atoms with Gasteiger partial charge in [-0.25, -0.2) is 0 Å². The average molecular weight is 723 g/mol. The maximum Gasteiger partial charge on any atom is 0.397 e. The number of likely N-dealkylation sites (tertiary alicyclic amines) is 2. The highest BCUT2D eigenvalue weighted by Crippen LogP contribution is 2.37. The van der Waals surface area contributed by atoms with Gasteiger partial charge in [0.15, 0.2) is 0 Å². The Morgan fingerprint density at radius 2 is 1.06 bits per heavy atom. The third-order valence-corrected chi connectivity index (χ3v) is 9.46. The lowest BCUT2D eigenvalue weighted by Gasteiger charge is -2.37. The van der Waals surface area contributed by atoms with E-state index in [4.69, 9.17) is 0 Å². The Hall–Kier alpha value is -5.24. The minimum absolute atomic E-state index is 0.0876. The van der Waals surface area contributed by atoms with E-state index in [2.05, 4.69) is 22.1 Å². The number of carbonyl (C=O) groups excluding carboxylic acids is 2. The molecular weight excluding hydrogens is 686 g/mol. The van der Waals surface area contributed by atoms with Gasteiger partial charge in [0.1, 0.15) is 25.0 Å². The van der Waals surface area contributed by atoms with Crippen molar-refractivity contribution in [2.24, 2.45) is 11.8 Å². The van der Waals surface area contributed by atoms with Gasteiger partial charge in [-0.15, -0.1) is 0 Å². The topological polar surface area (TPSA) is 114 Å². The summed E-state index contributed by atoms with van der Waals surface area (Å²) in [5.41, 5.74) is 3.92. The van der Waals surface area contributed by atoms with Crippen molar-refractivity contribution in [2.75, 3.05) is 26.2 Å². The van der Waals surface area contributed by atoms with Gasteiger partial charge in [0.2, 0.25) is 11.8 Å². The van der Waals surface area contributed by atoms with E-state index in [0.717, 1.165) is 34.7 Å². The molecule has 2 aromatic heterocycles. The van der Waals surface area contributed by atoms with Gasteiger partial charge in [-0.1, -0.05) is 38.1 Å². The zero-order valence-corrected chi connectivity index (χ0v) is 28.5. The maximum atomic E-state index is 12.6. The van der Waals surface area contributed by atoms with Crippen molar-refractivity contribution in [3.8, 4) is 12.1 Å². The van der Waals surface area contributed by atoms with Crippen LogP contribution in [-0.2, 0) is 9.59 Å². The van der Waals surface area contributed by atoms with E-state index in [9.17, 15) is 46.5 Å². The Balaban J connectivity index is 0.000000201. The maximum absolute atomic E-state index is 12.6. The number of pyridine rings is 2. The van der Waals surface area contributed by atoms with Crippen LogP contribution >= 0.6 is 0 Å². The predicted octanol–water partition coefficient (Wildman–Crippen LogP) is 8.02. The number of aromatic nitrogens is 2. The summed E-state index contributed by atoms with van der Waals surface area (Å²) in [7, 11) is 0. The van der Waals surface area contributed by atoms with E-state index in [1.54, 1.807) is 36.7 Å². The molecule has 6 rings (SSSR count). The fourth-order valence-corrected chi connectivity index (χ4v) is 7.41. The van der Waals surface area contributed by atoms with Crippen molar-refractivity contribution in [1.82, 2.24) is 19.8 Å². The number of piperidine rings is 2. The molecule has 4 atom stereocenters. The van der Waals surface area contributed by atoms with Crippen LogP contribution in [0.1, 0.15) is 73.6 Å². The SMILES string of the molecule is CC1CC(c2ccc(C#N)c3ncccc23)CN(C(=O)CC(F)(F)F)C1.C[C@@H]1CC(c2ccc(C#N)c3ncccc23)CN(C(=O)CC(F)(F)F)C1.